The van der Waals surface area contributed by atoms with E-state index in [4.69, 9.17) is 0 Å². The quantitative estimate of drug-likeness (QED) is 0.383. The van der Waals surface area contributed by atoms with Gasteiger partial charge in [0.2, 0.25) is 0 Å². The highest BCUT2D eigenvalue weighted by Gasteiger charge is 2.30. The molecule has 12 heavy (non-hydrogen) atoms. The van der Waals surface area contributed by atoms with Crippen molar-refractivity contribution in [2.24, 2.45) is 0 Å². The molecule has 6 nitrogen and oxygen atoms in total. The van der Waals surface area contributed by atoms with Crippen LogP contribution in [-0.2, 0) is 14.3 Å². The monoisotopic (exact) mass is 171 g/mol. The van der Waals surface area contributed by atoms with Gasteiger partial charge in [0.1, 0.15) is 13.1 Å². The Labute approximate surface area is 68.5 Å². The Kier molecular flexibility index (Phi) is 2.27. The Hall–Kier alpha value is -1.59. The summed E-state index contributed by atoms with van der Waals surface area (Å²) in [6, 6.07) is -0.676. The molecule has 1 aliphatic heterocycles. The smallest absolute Gasteiger partial charge is 0.347 e. The molecular formula is C6H7N2O4. The summed E-state index contributed by atoms with van der Waals surface area (Å²) in [5.74, 6) is -1.09. The molecule has 1 rings (SSSR count). The molecule has 1 saturated heterocycles. The van der Waals surface area contributed by atoms with E-state index in [0.29, 0.717) is 0 Å². The van der Waals surface area contributed by atoms with Crippen LogP contribution in [0.25, 0.3) is 0 Å². The Morgan fingerprint density at radius 2 is 2.33 bits per heavy atom. The number of carbonyl (C=O) groups excluding carboxylic acids is 3. The summed E-state index contributed by atoms with van der Waals surface area (Å²) >= 11 is 0. The van der Waals surface area contributed by atoms with Crippen LogP contribution in [-0.4, -0.2) is 43.0 Å². The highest BCUT2D eigenvalue weighted by Crippen LogP contribution is 1.99. The average Bonchev–Trinajstić information content (AvgIpc) is 2.30. The lowest BCUT2D eigenvalue weighted by Crippen LogP contribution is -2.32. The molecular weight excluding hydrogens is 164 g/mol. The molecule has 0 atom stereocenters. The number of methoxy groups -OCH3 is 1. The molecule has 1 heterocycles. The van der Waals surface area contributed by atoms with E-state index in [1.807, 2.05) is 0 Å². The number of carbonyl (C=O) groups is 3. The lowest BCUT2D eigenvalue weighted by atomic mass is 10.5. The van der Waals surface area contributed by atoms with Crippen molar-refractivity contribution >= 4 is 17.9 Å². The Balaban J connectivity index is 2.48. The second-order valence-electron chi connectivity index (χ2n) is 2.22. The fraction of sp³-hybridized carbons (Fsp3) is 0.500. The fourth-order valence-electron chi connectivity index (χ4n) is 0.788. The van der Waals surface area contributed by atoms with E-state index < -0.39 is 17.9 Å². The summed E-state index contributed by atoms with van der Waals surface area (Å²) in [7, 11) is 1.21. The number of urea groups is 1. The van der Waals surface area contributed by atoms with Crippen molar-refractivity contribution in [2.45, 2.75) is 0 Å². The van der Waals surface area contributed by atoms with Gasteiger partial charge in [0.15, 0.2) is 0 Å². The highest BCUT2D eigenvalue weighted by molar-refractivity contribution is 6.02. The first-order chi connectivity index (χ1) is 5.63. The van der Waals surface area contributed by atoms with E-state index in [1.165, 1.54) is 7.11 Å². The SMILES string of the molecule is COC(=O)CN1CC(=O)[N]C1=O. The number of hydrogen-bond acceptors (Lipinski definition) is 4. The first-order valence-electron chi connectivity index (χ1n) is 3.24. The first kappa shape index (κ1) is 8.51. The second kappa shape index (κ2) is 3.21. The molecule has 0 aromatic carbocycles. The molecule has 0 aromatic heterocycles. The summed E-state index contributed by atoms with van der Waals surface area (Å²) in [5.41, 5.74) is 0. The molecule has 1 radical (unpaired) electrons. The molecule has 1 fully saturated rings. The van der Waals surface area contributed by atoms with Gasteiger partial charge in [-0.05, 0) is 0 Å². The Bertz CT molecular complexity index is 238. The molecule has 0 unspecified atom stereocenters. The highest BCUT2D eigenvalue weighted by atomic mass is 16.5. The van der Waals surface area contributed by atoms with Gasteiger partial charge in [0, 0.05) is 0 Å². The molecule has 1 aliphatic rings. The maximum atomic E-state index is 10.8. The number of esters is 1. The van der Waals surface area contributed by atoms with Gasteiger partial charge in [-0.1, -0.05) is 0 Å². The number of imide groups is 1. The van der Waals surface area contributed by atoms with Gasteiger partial charge in [-0.2, -0.15) is 5.32 Å². The zero-order valence-corrected chi connectivity index (χ0v) is 6.44. The van der Waals surface area contributed by atoms with E-state index in [-0.39, 0.29) is 13.1 Å². The van der Waals surface area contributed by atoms with Gasteiger partial charge < -0.3 is 9.64 Å². The fourth-order valence-corrected chi connectivity index (χ4v) is 0.788. The van der Waals surface area contributed by atoms with Crippen molar-refractivity contribution < 1.29 is 19.1 Å². The second-order valence-corrected chi connectivity index (χ2v) is 2.22. The number of ether oxygens (including phenoxy) is 1. The predicted molar refractivity (Wildman–Crippen MR) is 36.1 cm³/mol. The molecule has 0 N–H and O–H groups in total. The normalized spacial score (nSPS) is 16.2. The van der Waals surface area contributed by atoms with E-state index >= 15 is 0 Å². The third-order valence-electron chi connectivity index (χ3n) is 1.36. The Morgan fingerprint density at radius 1 is 1.67 bits per heavy atom. The number of amides is 3. The molecule has 6 heteroatoms. The molecule has 0 spiro atoms. The van der Waals surface area contributed by atoms with Gasteiger partial charge in [-0.3, -0.25) is 9.59 Å². The minimum atomic E-state index is -0.676. The molecule has 0 aromatic rings. The average molecular weight is 171 g/mol. The van der Waals surface area contributed by atoms with Crippen molar-refractivity contribution in [3.63, 3.8) is 0 Å². The third kappa shape index (κ3) is 1.71. The summed E-state index contributed by atoms with van der Waals surface area (Å²) in [5, 5.41) is 3.10. The van der Waals surface area contributed by atoms with E-state index in [2.05, 4.69) is 10.1 Å². The minimum absolute atomic E-state index is 0.131. The van der Waals surface area contributed by atoms with Crippen molar-refractivity contribution in [3.05, 3.63) is 0 Å². The molecule has 3 amide bonds. The van der Waals surface area contributed by atoms with Gasteiger partial charge >= 0.3 is 12.0 Å². The van der Waals surface area contributed by atoms with Gasteiger partial charge in [-0.15, -0.1) is 0 Å². The maximum absolute atomic E-state index is 10.8. The molecule has 0 aliphatic carbocycles. The van der Waals surface area contributed by atoms with E-state index in [9.17, 15) is 14.4 Å². The lowest BCUT2D eigenvalue weighted by molar-refractivity contribution is -0.141. The predicted octanol–water partition coefficient (Wildman–Crippen LogP) is -1.27. The van der Waals surface area contributed by atoms with Crippen LogP contribution in [0.1, 0.15) is 0 Å². The topological polar surface area (TPSA) is 77.8 Å². The van der Waals surface area contributed by atoms with Crippen molar-refractivity contribution in [3.8, 4) is 0 Å². The molecule has 65 valence electrons. The van der Waals surface area contributed by atoms with Crippen molar-refractivity contribution in [2.75, 3.05) is 20.2 Å². The van der Waals surface area contributed by atoms with Crippen molar-refractivity contribution in [1.82, 2.24) is 10.2 Å². The Morgan fingerprint density at radius 3 is 2.75 bits per heavy atom. The zero-order chi connectivity index (χ0) is 9.14. The summed E-state index contributed by atoms with van der Waals surface area (Å²) in [4.78, 5) is 33.0. The van der Waals surface area contributed by atoms with Crippen LogP contribution in [0.4, 0.5) is 4.79 Å². The third-order valence-corrected chi connectivity index (χ3v) is 1.36. The summed E-state index contributed by atoms with van der Waals surface area (Å²) < 4.78 is 4.31. The number of nitrogens with zero attached hydrogens (tertiary/aromatic N) is 2. The van der Waals surface area contributed by atoms with Crippen LogP contribution >= 0.6 is 0 Å². The van der Waals surface area contributed by atoms with Gasteiger partial charge in [0.25, 0.3) is 5.91 Å². The lowest BCUT2D eigenvalue weighted by Gasteiger charge is -2.09. The van der Waals surface area contributed by atoms with Crippen LogP contribution in [0.3, 0.4) is 0 Å². The first-order valence-corrected chi connectivity index (χ1v) is 3.24. The zero-order valence-electron chi connectivity index (χ0n) is 6.44. The van der Waals surface area contributed by atoms with Gasteiger partial charge in [-0.25, -0.2) is 4.79 Å². The van der Waals surface area contributed by atoms with Crippen LogP contribution in [0.5, 0.6) is 0 Å². The minimum Gasteiger partial charge on any atom is -0.468 e. The largest absolute Gasteiger partial charge is 0.468 e. The van der Waals surface area contributed by atoms with Gasteiger partial charge in [0.05, 0.1) is 7.11 Å². The molecule has 0 bridgehead atoms. The van der Waals surface area contributed by atoms with Crippen LogP contribution in [0.15, 0.2) is 0 Å². The number of hydrogen-bond donors (Lipinski definition) is 0. The molecule has 0 saturated carbocycles. The standard InChI is InChI=1S/C6H7N2O4/c1-12-5(10)3-8-2-4(9)7-6(8)11/h2-3H2,1H3. The van der Waals surface area contributed by atoms with Crippen LogP contribution < -0.4 is 5.32 Å². The van der Waals surface area contributed by atoms with Crippen LogP contribution in [0, 0.1) is 0 Å². The van der Waals surface area contributed by atoms with Crippen LogP contribution in [0.2, 0.25) is 0 Å². The van der Waals surface area contributed by atoms with Crippen molar-refractivity contribution in [1.29, 1.82) is 0 Å². The maximum Gasteiger partial charge on any atom is 0.347 e. The number of rotatable bonds is 2. The summed E-state index contributed by atoms with van der Waals surface area (Å²) in [6.07, 6.45) is 0. The van der Waals surface area contributed by atoms with E-state index in [1.54, 1.807) is 0 Å². The summed E-state index contributed by atoms with van der Waals surface area (Å²) in [6.45, 7) is -0.349. The van der Waals surface area contributed by atoms with E-state index in [0.717, 1.165) is 4.90 Å².